The first-order valence-corrected chi connectivity index (χ1v) is 5.54. The summed E-state index contributed by atoms with van der Waals surface area (Å²) in [6.07, 6.45) is 0. The van der Waals surface area contributed by atoms with Crippen molar-refractivity contribution in [3.63, 3.8) is 0 Å². The lowest BCUT2D eigenvalue weighted by Gasteiger charge is -2.02. The average Bonchev–Trinajstić information content (AvgIpc) is 2.66. The molecule has 0 fully saturated rings. The van der Waals surface area contributed by atoms with E-state index in [9.17, 15) is 4.79 Å². The van der Waals surface area contributed by atoms with E-state index in [1.54, 1.807) is 6.07 Å². The van der Waals surface area contributed by atoms with Gasteiger partial charge in [0.2, 0.25) is 0 Å². The molecule has 0 radical (unpaired) electrons. The van der Waals surface area contributed by atoms with E-state index in [2.05, 4.69) is 0 Å². The van der Waals surface area contributed by atoms with E-state index in [1.165, 1.54) is 6.07 Å². The van der Waals surface area contributed by atoms with E-state index < -0.39 is 5.97 Å². The summed E-state index contributed by atoms with van der Waals surface area (Å²) in [7, 11) is 0. The van der Waals surface area contributed by atoms with Gasteiger partial charge in [-0.25, -0.2) is 4.79 Å². The number of aromatic carboxylic acids is 1. The number of carbonyl (C=O) groups is 1. The van der Waals surface area contributed by atoms with Gasteiger partial charge in [-0.2, -0.15) is 0 Å². The summed E-state index contributed by atoms with van der Waals surface area (Å²) < 4.78 is 5.55. The van der Waals surface area contributed by atoms with Crippen molar-refractivity contribution in [3.8, 4) is 10.8 Å². The van der Waals surface area contributed by atoms with Gasteiger partial charge in [-0.15, -0.1) is 0 Å². The van der Waals surface area contributed by atoms with Crippen LogP contribution in [0.3, 0.4) is 0 Å². The molecule has 3 nitrogen and oxygen atoms in total. The first-order valence-electron chi connectivity index (χ1n) is 4.73. The maximum absolute atomic E-state index is 10.7. The van der Waals surface area contributed by atoms with Crippen LogP contribution in [-0.4, -0.2) is 11.1 Å². The lowest BCUT2D eigenvalue weighted by molar-refractivity contribution is 0.0702. The van der Waals surface area contributed by atoms with Gasteiger partial charge in [-0.3, -0.25) is 0 Å². The molecule has 0 saturated carbocycles. The molecule has 1 aromatic heterocycles. The molecule has 0 aliphatic rings. The second-order valence-electron chi connectivity index (χ2n) is 3.34. The minimum atomic E-state index is -0.927. The van der Waals surface area contributed by atoms with E-state index >= 15 is 0 Å². The number of carboxylic acids is 1. The summed E-state index contributed by atoms with van der Waals surface area (Å²) in [6, 6.07) is 10.8. The van der Waals surface area contributed by atoms with Crippen LogP contribution in [0, 0.1) is 6.92 Å². The van der Waals surface area contributed by atoms with Gasteiger partial charge in [0.25, 0.3) is 0 Å². The van der Waals surface area contributed by atoms with Crippen LogP contribution in [0.25, 0.3) is 0 Å². The maximum atomic E-state index is 10.7. The molecule has 0 unspecified atom stereocenters. The third-order valence-electron chi connectivity index (χ3n) is 2.00. The van der Waals surface area contributed by atoms with E-state index in [0.29, 0.717) is 5.06 Å². The van der Waals surface area contributed by atoms with E-state index in [0.717, 1.165) is 22.6 Å². The van der Waals surface area contributed by atoms with Crippen molar-refractivity contribution in [3.05, 3.63) is 46.8 Å². The largest absolute Gasteiger partial charge is 0.477 e. The van der Waals surface area contributed by atoms with Crippen molar-refractivity contribution < 1.29 is 14.6 Å². The highest BCUT2D eigenvalue weighted by atomic mass is 32.1. The first kappa shape index (κ1) is 10.7. The van der Waals surface area contributed by atoms with Crippen LogP contribution in [-0.2, 0) is 0 Å². The molecular weight excluding hydrogens is 224 g/mol. The molecule has 0 aliphatic heterocycles. The zero-order valence-electron chi connectivity index (χ0n) is 8.64. The van der Waals surface area contributed by atoms with Crippen LogP contribution in [0.1, 0.15) is 15.2 Å². The number of ether oxygens (including phenoxy) is 1. The third kappa shape index (κ3) is 2.41. The minimum Gasteiger partial charge on any atom is -0.477 e. The van der Waals surface area contributed by atoms with Gasteiger partial charge in [0.05, 0.1) is 0 Å². The number of hydrogen-bond donors (Lipinski definition) is 1. The standard InChI is InChI=1S/C12H10O3S/c1-8-3-2-4-9(7-8)15-11-6-5-10(16-11)12(13)14/h2-7H,1H3,(H,13,14). The van der Waals surface area contributed by atoms with Crippen LogP contribution in [0.5, 0.6) is 10.8 Å². The summed E-state index contributed by atoms with van der Waals surface area (Å²) in [5, 5.41) is 9.35. The van der Waals surface area contributed by atoms with Crippen molar-refractivity contribution in [2.24, 2.45) is 0 Å². The molecule has 0 bridgehead atoms. The van der Waals surface area contributed by atoms with Gasteiger partial charge < -0.3 is 9.84 Å². The van der Waals surface area contributed by atoms with Gasteiger partial charge in [0.15, 0.2) is 5.06 Å². The fourth-order valence-corrected chi connectivity index (χ4v) is 2.00. The third-order valence-corrected chi connectivity index (χ3v) is 2.95. The second kappa shape index (κ2) is 4.37. The van der Waals surface area contributed by atoms with Crippen LogP contribution < -0.4 is 4.74 Å². The van der Waals surface area contributed by atoms with Crippen molar-refractivity contribution in [2.75, 3.05) is 0 Å². The Kier molecular flexibility index (Phi) is 2.92. The predicted octanol–water partition coefficient (Wildman–Crippen LogP) is 3.55. The molecule has 2 rings (SSSR count). The molecule has 0 spiro atoms. The van der Waals surface area contributed by atoms with Crippen LogP contribution in [0.15, 0.2) is 36.4 Å². The number of aryl methyl sites for hydroxylation is 1. The number of carboxylic acid groups (broad SMARTS) is 1. The van der Waals surface area contributed by atoms with Crippen LogP contribution >= 0.6 is 11.3 Å². The molecular formula is C12H10O3S. The summed E-state index contributed by atoms with van der Waals surface area (Å²) in [5.41, 5.74) is 1.10. The average molecular weight is 234 g/mol. The molecule has 82 valence electrons. The van der Waals surface area contributed by atoms with Gasteiger partial charge >= 0.3 is 5.97 Å². The lowest BCUT2D eigenvalue weighted by Crippen LogP contribution is -1.89. The quantitative estimate of drug-likeness (QED) is 0.883. The summed E-state index contributed by atoms with van der Waals surface area (Å²) in [4.78, 5) is 11.0. The SMILES string of the molecule is Cc1cccc(Oc2ccc(C(=O)O)s2)c1. The lowest BCUT2D eigenvalue weighted by atomic mass is 10.2. The maximum Gasteiger partial charge on any atom is 0.345 e. The molecule has 0 atom stereocenters. The molecule has 0 saturated heterocycles. The molecule has 1 heterocycles. The van der Waals surface area contributed by atoms with Gasteiger partial charge in [0.1, 0.15) is 10.6 Å². The summed E-state index contributed by atoms with van der Waals surface area (Å²) in [5.74, 6) is -0.206. The Hall–Kier alpha value is -1.81. The van der Waals surface area contributed by atoms with Crippen molar-refractivity contribution in [1.29, 1.82) is 0 Å². The Labute approximate surface area is 96.9 Å². The monoisotopic (exact) mass is 234 g/mol. The first-order chi connectivity index (χ1) is 7.65. The van der Waals surface area contributed by atoms with Gasteiger partial charge in [-0.1, -0.05) is 23.5 Å². The number of benzene rings is 1. The Balaban J connectivity index is 2.17. The summed E-state index contributed by atoms with van der Waals surface area (Å²) >= 11 is 1.12. The molecule has 0 amide bonds. The van der Waals surface area contributed by atoms with Crippen molar-refractivity contribution in [2.45, 2.75) is 6.92 Å². The van der Waals surface area contributed by atoms with Gasteiger partial charge in [0, 0.05) is 0 Å². The molecule has 0 aliphatic carbocycles. The van der Waals surface area contributed by atoms with Crippen LogP contribution in [0.2, 0.25) is 0 Å². The smallest absolute Gasteiger partial charge is 0.345 e. The highest BCUT2D eigenvalue weighted by molar-refractivity contribution is 7.15. The summed E-state index contributed by atoms with van der Waals surface area (Å²) in [6.45, 7) is 1.98. The van der Waals surface area contributed by atoms with E-state index in [1.807, 2.05) is 31.2 Å². The molecule has 2 aromatic rings. The van der Waals surface area contributed by atoms with Gasteiger partial charge in [-0.05, 0) is 36.8 Å². The van der Waals surface area contributed by atoms with Crippen molar-refractivity contribution >= 4 is 17.3 Å². The predicted molar refractivity (Wildman–Crippen MR) is 62.5 cm³/mol. The Morgan fingerprint density at radius 3 is 2.75 bits per heavy atom. The van der Waals surface area contributed by atoms with Crippen molar-refractivity contribution in [1.82, 2.24) is 0 Å². The molecule has 1 N–H and O–H groups in total. The zero-order valence-corrected chi connectivity index (χ0v) is 9.45. The topological polar surface area (TPSA) is 46.5 Å². The Bertz CT molecular complexity index is 516. The number of thiophene rings is 1. The highest BCUT2D eigenvalue weighted by Crippen LogP contribution is 2.29. The second-order valence-corrected chi connectivity index (χ2v) is 4.39. The Morgan fingerprint density at radius 2 is 2.12 bits per heavy atom. The van der Waals surface area contributed by atoms with Crippen LogP contribution in [0.4, 0.5) is 0 Å². The zero-order chi connectivity index (χ0) is 11.5. The van der Waals surface area contributed by atoms with E-state index in [-0.39, 0.29) is 4.88 Å². The normalized spacial score (nSPS) is 10.1. The molecule has 16 heavy (non-hydrogen) atoms. The molecule has 1 aromatic carbocycles. The Morgan fingerprint density at radius 1 is 1.31 bits per heavy atom. The highest BCUT2D eigenvalue weighted by Gasteiger charge is 2.08. The minimum absolute atomic E-state index is 0.280. The number of rotatable bonds is 3. The number of hydrogen-bond acceptors (Lipinski definition) is 3. The van der Waals surface area contributed by atoms with E-state index in [4.69, 9.17) is 9.84 Å². The fraction of sp³-hybridized carbons (Fsp3) is 0.0833. The fourth-order valence-electron chi connectivity index (χ4n) is 1.28. The molecule has 4 heteroatoms.